The Morgan fingerprint density at radius 3 is 1.83 bits per heavy atom. The third kappa shape index (κ3) is 4.22. The number of nitroso groups, excluding NO2 is 1. The molecule has 5 heteroatoms. The summed E-state index contributed by atoms with van der Waals surface area (Å²) in [6.45, 7) is 4.24. The van der Waals surface area contributed by atoms with Gasteiger partial charge in [0.05, 0.1) is 0 Å². The third-order valence-corrected chi connectivity index (χ3v) is 4.26. The third-order valence-electron chi connectivity index (χ3n) is 4.26. The van der Waals surface area contributed by atoms with Gasteiger partial charge in [0.2, 0.25) is 0 Å². The minimum atomic E-state index is -0.117. The number of benzene rings is 2. The molecule has 5 nitrogen and oxygen atoms in total. The molecule has 0 bridgehead atoms. The van der Waals surface area contributed by atoms with Crippen molar-refractivity contribution in [3.05, 3.63) is 52.4 Å². The average Bonchev–Trinajstić information content (AvgIpc) is 2.51. The lowest BCUT2D eigenvalue weighted by Gasteiger charge is -2.20. The summed E-state index contributed by atoms with van der Waals surface area (Å²) in [5.41, 5.74) is 1.96. The topological polar surface area (TPSA) is 90.1 Å². The van der Waals surface area contributed by atoms with E-state index in [0.29, 0.717) is 11.8 Å². The molecule has 0 spiro atoms. The molecule has 2 atom stereocenters. The monoisotopic (exact) mass is 315 g/mol. The average molecular weight is 315 g/mol. The highest BCUT2D eigenvalue weighted by atomic mass is 16.3. The second-order valence-electron chi connectivity index (χ2n) is 6.10. The van der Waals surface area contributed by atoms with Crippen LogP contribution in [0.15, 0.2) is 41.6 Å². The molecule has 0 radical (unpaired) electrons. The smallest absolute Gasteiger partial charge is 0.157 e. The summed E-state index contributed by atoms with van der Waals surface area (Å²) in [7, 11) is 0. The zero-order valence-electron chi connectivity index (χ0n) is 13.2. The van der Waals surface area contributed by atoms with Crippen molar-refractivity contribution in [3.8, 4) is 17.2 Å². The van der Waals surface area contributed by atoms with Crippen molar-refractivity contribution in [2.45, 2.75) is 26.7 Å². The van der Waals surface area contributed by atoms with E-state index in [-0.39, 0.29) is 22.9 Å². The number of hydrogen-bond acceptors (Lipinski definition) is 5. The molecule has 2 aromatic carbocycles. The van der Waals surface area contributed by atoms with E-state index in [1.165, 1.54) is 12.1 Å². The van der Waals surface area contributed by atoms with Crippen molar-refractivity contribution >= 4 is 5.69 Å². The first-order valence-corrected chi connectivity index (χ1v) is 7.56. The molecule has 0 saturated heterocycles. The van der Waals surface area contributed by atoms with Crippen LogP contribution >= 0.6 is 0 Å². The van der Waals surface area contributed by atoms with Gasteiger partial charge in [0.15, 0.2) is 11.5 Å². The summed E-state index contributed by atoms with van der Waals surface area (Å²) in [6, 6.07) is 9.76. The van der Waals surface area contributed by atoms with Gasteiger partial charge in [-0.15, -0.1) is 4.91 Å². The Labute approximate surface area is 135 Å². The van der Waals surface area contributed by atoms with Crippen LogP contribution in [0.5, 0.6) is 17.2 Å². The SMILES string of the molecule is CC(Cc1ccc(O)c(O)c1)C(C)Cc1ccc(N=O)c(O)c1. The minimum Gasteiger partial charge on any atom is -0.506 e. The van der Waals surface area contributed by atoms with Crippen molar-refractivity contribution in [2.24, 2.45) is 17.0 Å². The molecule has 0 aliphatic carbocycles. The lowest BCUT2D eigenvalue weighted by atomic mass is 9.85. The van der Waals surface area contributed by atoms with Gasteiger partial charge >= 0.3 is 0 Å². The van der Waals surface area contributed by atoms with Crippen molar-refractivity contribution in [2.75, 3.05) is 0 Å². The van der Waals surface area contributed by atoms with Crippen molar-refractivity contribution < 1.29 is 15.3 Å². The lowest BCUT2D eigenvalue weighted by Crippen LogP contribution is -2.13. The number of rotatable bonds is 6. The largest absolute Gasteiger partial charge is 0.506 e. The highest BCUT2D eigenvalue weighted by Crippen LogP contribution is 2.30. The Bertz CT molecular complexity index is 699. The van der Waals surface area contributed by atoms with E-state index in [2.05, 4.69) is 19.0 Å². The van der Waals surface area contributed by atoms with Crippen molar-refractivity contribution in [1.29, 1.82) is 0 Å². The molecule has 0 saturated carbocycles. The predicted molar refractivity (Wildman–Crippen MR) is 89.1 cm³/mol. The summed E-state index contributed by atoms with van der Waals surface area (Å²) < 4.78 is 0. The first kappa shape index (κ1) is 16.8. The zero-order chi connectivity index (χ0) is 17.0. The molecule has 0 aliphatic rings. The summed E-state index contributed by atoms with van der Waals surface area (Å²) >= 11 is 0. The Morgan fingerprint density at radius 2 is 1.35 bits per heavy atom. The van der Waals surface area contributed by atoms with E-state index in [1.54, 1.807) is 24.3 Å². The molecule has 2 aromatic rings. The molecule has 0 amide bonds. The van der Waals surface area contributed by atoms with E-state index >= 15 is 0 Å². The highest BCUT2D eigenvalue weighted by Gasteiger charge is 2.15. The van der Waals surface area contributed by atoms with Gasteiger partial charge in [0, 0.05) is 0 Å². The summed E-state index contributed by atoms with van der Waals surface area (Å²) in [5.74, 6) is 0.351. The standard InChI is InChI=1S/C18H21NO4/c1-11(7-13-3-5-15(19-23)17(21)9-13)12(2)8-14-4-6-16(20)18(22)10-14/h3-6,9-12,20-22H,7-8H2,1-2H3. The summed E-state index contributed by atoms with van der Waals surface area (Å²) in [4.78, 5) is 10.5. The fraction of sp³-hybridized carbons (Fsp3) is 0.333. The van der Waals surface area contributed by atoms with E-state index in [9.17, 15) is 20.2 Å². The predicted octanol–water partition coefficient (Wildman–Crippen LogP) is 4.26. The minimum absolute atomic E-state index is 0.0500. The zero-order valence-corrected chi connectivity index (χ0v) is 13.2. The second kappa shape index (κ2) is 7.13. The maximum absolute atomic E-state index is 10.5. The van der Waals surface area contributed by atoms with Crippen LogP contribution < -0.4 is 0 Å². The van der Waals surface area contributed by atoms with Crippen LogP contribution in [0.2, 0.25) is 0 Å². The van der Waals surface area contributed by atoms with Crippen LogP contribution in [0.3, 0.4) is 0 Å². The second-order valence-corrected chi connectivity index (χ2v) is 6.10. The van der Waals surface area contributed by atoms with Gasteiger partial charge in [-0.3, -0.25) is 0 Å². The van der Waals surface area contributed by atoms with Gasteiger partial charge in [-0.25, -0.2) is 0 Å². The maximum atomic E-state index is 10.5. The first-order valence-electron chi connectivity index (χ1n) is 7.56. The normalized spacial score (nSPS) is 13.5. The lowest BCUT2D eigenvalue weighted by molar-refractivity contribution is 0.379. The number of phenolic OH excluding ortho intramolecular Hbond substituents is 3. The highest BCUT2D eigenvalue weighted by molar-refractivity contribution is 5.52. The molecule has 2 rings (SSSR count). The van der Waals surface area contributed by atoms with Gasteiger partial charge in [0.25, 0.3) is 0 Å². The molecule has 0 aromatic heterocycles. The van der Waals surface area contributed by atoms with E-state index in [0.717, 1.165) is 24.0 Å². The van der Waals surface area contributed by atoms with Crippen LogP contribution in [0, 0.1) is 16.7 Å². The van der Waals surface area contributed by atoms with E-state index in [1.807, 2.05) is 0 Å². The fourth-order valence-electron chi connectivity index (χ4n) is 2.62. The number of hydrogen-bond donors (Lipinski definition) is 3. The Morgan fingerprint density at radius 1 is 0.826 bits per heavy atom. The quantitative estimate of drug-likeness (QED) is 0.549. The Balaban J connectivity index is 2.01. The van der Waals surface area contributed by atoms with Crippen LogP contribution in [0.1, 0.15) is 25.0 Å². The molecular weight excluding hydrogens is 294 g/mol. The first-order chi connectivity index (χ1) is 10.9. The van der Waals surface area contributed by atoms with Crippen LogP contribution in [-0.4, -0.2) is 15.3 Å². The van der Waals surface area contributed by atoms with Crippen LogP contribution in [0.25, 0.3) is 0 Å². The summed E-state index contributed by atoms with van der Waals surface area (Å²) in [5, 5.41) is 31.3. The molecule has 2 unspecified atom stereocenters. The van der Waals surface area contributed by atoms with Gasteiger partial charge in [-0.1, -0.05) is 26.0 Å². The van der Waals surface area contributed by atoms with Gasteiger partial charge < -0.3 is 15.3 Å². The van der Waals surface area contributed by atoms with Gasteiger partial charge in [0.1, 0.15) is 11.4 Å². The Kier molecular flexibility index (Phi) is 5.21. The van der Waals surface area contributed by atoms with Gasteiger partial charge in [-0.05, 0) is 65.2 Å². The molecule has 23 heavy (non-hydrogen) atoms. The molecule has 0 aliphatic heterocycles. The number of nitrogens with zero attached hydrogens (tertiary/aromatic N) is 1. The molecule has 0 heterocycles. The number of aromatic hydroxyl groups is 3. The van der Waals surface area contributed by atoms with Gasteiger partial charge in [-0.2, -0.15) is 0 Å². The Hall–Kier alpha value is -2.56. The number of phenols is 3. The van der Waals surface area contributed by atoms with Crippen molar-refractivity contribution in [1.82, 2.24) is 0 Å². The molecule has 3 N–H and O–H groups in total. The van der Waals surface area contributed by atoms with E-state index < -0.39 is 0 Å². The van der Waals surface area contributed by atoms with E-state index in [4.69, 9.17) is 0 Å². The molecule has 122 valence electrons. The van der Waals surface area contributed by atoms with Crippen LogP contribution in [0.4, 0.5) is 5.69 Å². The van der Waals surface area contributed by atoms with Crippen LogP contribution in [-0.2, 0) is 12.8 Å². The fourth-order valence-corrected chi connectivity index (χ4v) is 2.62. The molecular formula is C18H21NO4. The summed E-state index contributed by atoms with van der Waals surface area (Å²) in [6.07, 6.45) is 1.53. The maximum Gasteiger partial charge on any atom is 0.157 e. The van der Waals surface area contributed by atoms with Crippen molar-refractivity contribution in [3.63, 3.8) is 0 Å². The molecule has 0 fully saturated rings.